The zero-order chi connectivity index (χ0) is 17.6. The molecule has 1 heterocycles. The number of hydrogen-bond acceptors (Lipinski definition) is 4. The highest BCUT2D eigenvalue weighted by atomic mass is 16.3. The van der Waals surface area contributed by atoms with Gasteiger partial charge in [-0.2, -0.15) is 0 Å². The van der Waals surface area contributed by atoms with Crippen LogP contribution in [0.4, 0.5) is 0 Å². The molecule has 0 atom stereocenters. The highest BCUT2D eigenvalue weighted by Gasteiger charge is 2.21. The van der Waals surface area contributed by atoms with Gasteiger partial charge in [0.15, 0.2) is 0 Å². The van der Waals surface area contributed by atoms with E-state index in [-0.39, 0.29) is 17.2 Å². The number of aromatic hydroxyl groups is 3. The lowest BCUT2D eigenvalue weighted by molar-refractivity contribution is 0.474. The Morgan fingerprint density at radius 1 is 0.800 bits per heavy atom. The van der Waals surface area contributed by atoms with E-state index >= 15 is 0 Å². The summed E-state index contributed by atoms with van der Waals surface area (Å²) in [5.74, 6) is 1.01. The lowest BCUT2D eigenvalue weighted by atomic mass is 9.97. The van der Waals surface area contributed by atoms with Crippen LogP contribution in [-0.4, -0.2) is 15.3 Å². The summed E-state index contributed by atoms with van der Waals surface area (Å²) >= 11 is 0. The highest BCUT2D eigenvalue weighted by Crippen LogP contribution is 2.45. The van der Waals surface area contributed by atoms with Gasteiger partial charge < -0.3 is 19.7 Å². The summed E-state index contributed by atoms with van der Waals surface area (Å²) in [6, 6.07) is 17.0. The first-order valence-corrected chi connectivity index (χ1v) is 7.88. The van der Waals surface area contributed by atoms with Crippen LogP contribution >= 0.6 is 0 Å². The van der Waals surface area contributed by atoms with Crippen molar-refractivity contribution < 1.29 is 19.7 Å². The minimum Gasteiger partial charge on any atom is -0.508 e. The second kappa shape index (κ2) is 5.60. The maximum absolute atomic E-state index is 10.4. The minimum absolute atomic E-state index is 0.131. The average molecular weight is 332 g/mol. The molecule has 0 fully saturated rings. The fraction of sp³-hybridized carbons (Fsp3) is 0.0476. The van der Waals surface area contributed by atoms with Gasteiger partial charge in [-0.05, 0) is 55.0 Å². The zero-order valence-corrected chi connectivity index (χ0v) is 13.5. The Morgan fingerprint density at radius 3 is 2.24 bits per heavy atom. The molecule has 1 aromatic heterocycles. The van der Waals surface area contributed by atoms with Crippen molar-refractivity contribution in [1.82, 2.24) is 0 Å². The molecule has 4 nitrogen and oxygen atoms in total. The van der Waals surface area contributed by atoms with E-state index in [1.807, 2.05) is 19.1 Å². The number of phenolic OH excluding ortho intramolecular Hbond substituents is 3. The van der Waals surface area contributed by atoms with Crippen LogP contribution in [0.2, 0.25) is 0 Å². The Labute approximate surface area is 144 Å². The Bertz CT molecular complexity index is 1080. The number of fused-ring (bicyclic) bond motifs is 1. The van der Waals surface area contributed by atoms with Crippen molar-refractivity contribution in [1.29, 1.82) is 0 Å². The SMILES string of the molecule is Cc1cc(O)cc2c(-c3ccccc3O)c(-c3ccc(O)cc3)oc12. The molecule has 4 rings (SSSR count). The maximum Gasteiger partial charge on any atom is 0.143 e. The molecule has 0 saturated carbocycles. The van der Waals surface area contributed by atoms with Gasteiger partial charge >= 0.3 is 0 Å². The topological polar surface area (TPSA) is 73.8 Å². The van der Waals surface area contributed by atoms with E-state index in [9.17, 15) is 15.3 Å². The van der Waals surface area contributed by atoms with Crippen molar-refractivity contribution in [2.75, 3.05) is 0 Å². The number of para-hydroxylation sites is 1. The highest BCUT2D eigenvalue weighted by molar-refractivity contribution is 6.04. The third kappa shape index (κ3) is 2.48. The molecule has 25 heavy (non-hydrogen) atoms. The van der Waals surface area contributed by atoms with Gasteiger partial charge in [0.25, 0.3) is 0 Å². The van der Waals surface area contributed by atoms with Crippen molar-refractivity contribution in [2.24, 2.45) is 0 Å². The third-order valence-electron chi connectivity index (χ3n) is 4.26. The molecule has 0 aliphatic carbocycles. The van der Waals surface area contributed by atoms with Gasteiger partial charge in [0.05, 0.1) is 0 Å². The van der Waals surface area contributed by atoms with Gasteiger partial charge in [-0.1, -0.05) is 18.2 Å². The van der Waals surface area contributed by atoms with E-state index in [1.54, 1.807) is 48.5 Å². The average Bonchev–Trinajstić information content (AvgIpc) is 2.95. The number of rotatable bonds is 2. The molecule has 3 aromatic carbocycles. The van der Waals surface area contributed by atoms with E-state index in [1.165, 1.54) is 0 Å². The first-order valence-electron chi connectivity index (χ1n) is 7.88. The number of aryl methyl sites for hydroxylation is 1. The van der Waals surface area contributed by atoms with E-state index in [0.29, 0.717) is 22.5 Å². The Balaban J connectivity index is 2.12. The van der Waals surface area contributed by atoms with Crippen LogP contribution in [0.5, 0.6) is 17.2 Å². The summed E-state index contributed by atoms with van der Waals surface area (Å²) in [5.41, 5.74) is 3.55. The van der Waals surface area contributed by atoms with Gasteiger partial charge in [-0.15, -0.1) is 0 Å². The van der Waals surface area contributed by atoms with Crippen LogP contribution < -0.4 is 0 Å². The summed E-state index contributed by atoms with van der Waals surface area (Å²) in [7, 11) is 0. The smallest absolute Gasteiger partial charge is 0.143 e. The van der Waals surface area contributed by atoms with E-state index in [0.717, 1.165) is 16.5 Å². The molecule has 0 unspecified atom stereocenters. The van der Waals surface area contributed by atoms with Crippen molar-refractivity contribution in [3.05, 3.63) is 66.2 Å². The van der Waals surface area contributed by atoms with E-state index in [2.05, 4.69) is 0 Å². The van der Waals surface area contributed by atoms with Crippen molar-refractivity contribution in [2.45, 2.75) is 6.92 Å². The first kappa shape index (κ1) is 15.1. The Morgan fingerprint density at radius 2 is 1.52 bits per heavy atom. The zero-order valence-electron chi connectivity index (χ0n) is 13.5. The molecule has 0 aliphatic heterocycles. The molecule has 0 spiro atoms. The molecular formula is C21H16O4. The summed E-state index contributed by atoms with van der Waals surface area (Å²) in [6.07, 6.45) is 0. The van der Waals surface area contributed by atoms with Gasteiger partial charge in [-0.3, -0.25) is 0 Å². The number of furan rings is 1. The summed E-state index contributed by atoms with van der Waals surface area (Å²) in [4.78, 5) is 0. The van der Waals surface area contributed by atoms with Crippen LogP contribution in [0.25, 0.3) is 33.4 Å². The molecule has 4 heteroatoms. The first-order chi connectivity index (χ1) is 12.0. The number of benzene rings is 3. The van der Waals surface area contributed by atoms with Crippen LogP contribution in [0.3, 0.4) is 0 Å². The minimum atomic E-state index is 0.131. The molecule has 0 saturated heterocycles. The van der Waals surface area contributed by atoms with Crippen LogP contribution in [0, 0.1) is 6.92 Å². The van der Waals surface area contributed by atoms with Crippen molar-refractivity contribution in [3.8, 4) is 39.7 Å². The Hall–Kier alpha value is -3.40. The van der Waals surface area contributed by atoms with Gasteiger partial charge in [0.1, 0.15) is 28.6 Å². The monoisotopic (exact) mass is 332 g/mol. The molecular weight excluding hydrogens is 316 g/mol. The predicted octanol–water partition coefficient (Wildman–Crippen LogP) is 5.19. The molecule has 124 valence electrons. The summed E-state index contributed by atoms with van der Waals surface area (Å²) < 4.78 is 6.12. The lowest BCUT2D eigenvalue weighted by Gasteiger charge is -2.06. The van der Waals surface area contributed by atoms with Crippen LogP contribution in [0.1, 0.15) is 5.56 Å². The molecule has 0 aliphatic rings. The van der Waals surface area contributed by atoms with Crippen molar-refractivity contribution >= 4 is 11.0 Å². The van der Waals surface area contributed by atoms with E-state index < -0.39 is 0 Å². The van der Waals surface area contributed by atoms with Crippen LogP contribution in [0.15, 0.2) is 65.1 Å². The fourth-order valence-electron chi connectivity index (χ4n) is 3.12. The van der Waals surface area contributed by atoms with E-state index in [4.69, 9.17) is 4.42 Å². The molecule has 0 bridgehead atoms. The summed E-state index contributed by atoms with van der Waals surface area (Å²) in [5, 5.41) is 30.7. The fourth-order valence-corrected chi connectivity index (χ4v) is 3.12. The quantitative estimate of drug-likeness (QED) is 0.472. The normalized spacial score (nSPS) is 11.1. The van der Waals surface area contributed by atoms with Crippen LogP contribution in [-0.2, 0) is 0 Å². The van der Waals surface area contributed by atoms with Gasteiger partial charge in [0, 0.05) is 22.1 Å². The third-order valence-corrected chi connectivity index (χ3v) is 4.26. The molecule has 0 amide bonds. The second-order valence-corrected chi connectivity index (χ2v) is 6.01. The molecule has 4 aromatic rings. The lowest BCUT2D eigenvalue weighted by Crippen LogP contribution is -1.82. The van der Waals surface area contributed by atoms with Crippen molar-refractivity contribution in [3.63, 3.8) is 0 Å². The maximum atomic E-state index is 10.4. The summed E-state index contributed by atoms with van der Waals surface area (Å²) in [6.45, 7) is 1.86. The largest absolute Gasteiger partial charge is 0.508 e. The molecule has 3 N–H and O–H groups in total. The molecule has 0 radical (unpaired) electrons. The second-order valence-electron chi connectivity index (χ2n) is 6.01. The number of hydrogen-bond donors (Lipinski definition) is 3. The number of phenols is 3. The Kier molecular flexibility index (Phi) is 3.39. The van der Waals surface area contributed by atoms with Gasteiger partial charge in [0.2, 0.25) is 0 Å². The standard InChI is InChI=1S/C21H16O4/c1-12-10-15(23)11-17-19(16-4-2-3-5-18(16)24)21(25-20(12)17)13-6-8-14(22)9-7-13/h2-11,22-24H,1H3. The predicted molar refractivity (Wildman–Crippen MR) is 96.8 cm³/mol. The van der Waals surface area contributed by atoms with Gasteiger partial charge in [-0.25, -0.2) is 0 Å².